The van der Waals surface area contributed by atoms with Crippen LogP contribution in [0, 0.1) is 6.92 Å². The number of nitrogens with zero attached hydrogens (tertiary/aromatic N) is 1. The van der Waals surface area contributed by atoms with Gasteiger partial charge in [-0.05, 0) is 24.6 Å². The Morgan fingerprint density at radius 1 is 1.00 bits per heavy atom. The number of fused-ring (bicyclic) bond motifs is 1. The molecule has 0 saturated heterocycles. The summed E-state index contributed by atoms with van der Waals surface area (Å²) >= 11 is 1.62. The average Bonchev–Trinajstić information content (AvgIpc) is 2.87. The van der Waals surface area contributed by atoms with Crippen molar-refractivity contribution in [1.29, 1.82) is 0 Å². The molecule has 0 aliphatic rings. The Morgan fingerprint density at radius 2 is 1.71 bits per heavy atom. The summed E-state index contributed by atoms with van der Waals surface area (Å²) in [5.41, 5.74) is 3.11. The molecule has 4 nitrogen and oxygen atoms in total. The summed E-state index contributed by atoms with van der Waals surface area (Å²) in [4.78, 5) is 4.61. The number of methoxy groups -OCH3 is 2. The van der Waals surface area contributed by atoms with Crippen LogP contribution in [0.15, 0.2) is 36.4 Å². The Morgan fingerprint density at radius 3 is 2.38 bits per heavy atom. The molecule has 0 aliphatic carbocycles. The summed E-state index contributed by atoms with van der Waals surface area (Å²) in [6, 6.07) is 12.0. The van der Waals surface area contributed by atoms with E-state index in [1.807, 2.05) is 18.2 Å². The highest BCUT2D eigenvalue weighted by atomic mass is 32.1. The van der Waals surface area contributed by atoms with Crippen molar-refractivity contribution in [3.05, 3.63) is 42.0 Å². The van der Waals surface area contributed by atoms with Crippen LogP contribution in [0.5, 0.6) is 11.5 Å². The zero-order valence-corrected chi connectivity index (χ0v) is 13.0. The van der Waals surface area contributed by atoms with Crippen LogP contribution in [0.3, 0.4) is 0 Å². The van der Waals surface area contributed by atoms with Gasteiger partial charge in [-0.2, -0.15) is 0 Å². The summed E-state index contributed by atoms with van der Waals surface area (Å²) in [5, 5.41) is 4.16. The van der Waals surface area contributed by atoms with E-state index in [1.165, 1.54) is 5.56 Å². The van der Waals surface area contributed by atoms with E-state index in [1.54, 1.807) is 25.6 Å². The van der Waals surface area contributed by atoms with E-state index in [9.17, 15) is 0 Å². The molecule has 108 valence electrons. The van der Waals surface area contributed by atoms with Crippen molar-refractivity contribution >= 4 is 32.4 Å². The molecule has 0 atom stereocenters. The maximum absolute atomic E-state index is 5.27. The number of hydrogen-bond donors (Lipinski definition) is 1. The minimum absolute atomic E-state index is 0.744. The lowest BCUT2D eigenvalue weighted by Gasteiger charge is -2.08. The van der Waals surface area contributed by atoms with Crippen LogP contribution in [-0.4, -0.2) is 19.2 Å². The minimum Gasteiger partial charge on any atom is -0.497 e. The van der Waals surface area contributed by atoms with Gasteiger partial charge in [0.1, 0.15) is 11.5 Å². The fourth-order valence-electron chi connectivity index (χ4n) is 2.09. The van der Waals surface area contributed by atoms with E-state index in [0.29, 0.717) is 0 Å². The number of thiazole rings is 1. The molecule has 1 heterocycles. The molecule has 0 bridgehead atoms. The SMILES string of the molecule is COc1cc(Nc2nc3cc(C)ccc3s2)cc(OC)c1. The maximum Gasteiger partial charge on any atom is 0.188 e. The van der Waals surface area contributed by atoms with Crippen molar-refractivity contribution < 1.29 is 9.47 Å². The highest BCUT2D eigenvalue weighted by molar-refractivity contribution is 7.22. The van der Waals surface area contributed by atoms with Crippen molar-refractivity contribution in [3.8, 4) is 11.5 Å². The number of nitrogens with one attached hydrogen (secondary N) is 1. The quantitative estimate of drug-likeness (QED) is 0.777. The molecule has 21 heavy (non-hydrogen) atoms. The normalized spacial score (nSPS) is 10.6. The van der Waals surface area contributed by atoms with Gasteiger partial charge in [-0.1, -0.05) is 17.4 Å². The maximum atomic E-state index is 5.27. The van der Waals surface area contributed by atoms with Gasteiger partial charge in [-0.15, -0.1) is 0 Å². The van der Waals surface area contributed by atoms with E-state index in [-0.39, 0.29) is 0 Å². The lowest BCUT2D eigenvalue weighted by Crippen LogP contribution is -1.93. The molecule has 1 N–H and O–H groups in total. The number of hydrogen-bond acceptors (Lipinski definition) is 5. The number of rotatable bonds is 4. The Balaban J connectivity index is 1.94. The highest BCUT2D eigenvalue weighted by Gasteiger charge is 2.06. The van der Waals surface area contributed by atoms with Gasteiger partial charge >= 0.3 is 0 Å². The summed E-state index contributed by atoms with van der Waals surface area (Å²) in [5.74, 6) is 1.49. The molecule has 3 rings (SSSR count). The third-order valence-electron chi connectivity index (χ3n) is 3.15. The Hall–Kier alpha value is -2.27. The first kappa shape index (κ1) is 13.7. The predicted octanol–water partition coefficient (Wildman–Crippen LogP) is 4.37. The van der Waals surface area contributed by atoms with Gasteiger partial charge in [0.2, 0.25) is 0 Å². The fraction of sp³-hybridized carbons (Fsp3) is 0.188. The van der Waals surface area contributed by atoms with Gasteiger partial charge in [0.25, 0.3) is 0 Å². The average molecular weight is 300 g/mol. The van der Waals surface area contributed by atoms with Crippen molar-refractivity contribution in [3.63, 3.8) is 0 Å². The van der Waals surface area contributed by atoms with E-state index in [2.05, 4.69) is 35.4 Å². The molecule has 2 aromatic carbocycles. The summed E-state index contributed by atoms with van der Waals surface area (Å²) in [6.07, 6.45) is 0. The molecular formula is C16H16N2O2S. The fourth-order valence-corrected chi connectivity index (χ4v) is 2.96. The third-order valence-corrected chi connectivity index (χ3v) is 4.10. The van der Waals surface area contributed by atoms with E-state index in [0.717, 1.165) is 32.5 Å². The van der Waals surface area contributed by atoms with Gasteiger partial charge in [-0.3, -0.25) is 0 Å². The lowest BCUT2D eigenvalue weighted by molar-refractivity contribution is 0.395. The van der Waals surface area contributed by atoms with E-state index < -0.39 is 0 Å². The minimum atomic E-state index is 0.744. The third kappa shape index (κ3) is 2.92. The number of aryl methyl sites for hydroxylation is 1. The van der Waals surface area contributed by atoms with Gasteiger partial charge in [-0.25, -0.2) is 4.98 Å². The van der Waals surface area contributed by atoms with Crippen LogP contribution < -0.4 is 14.8 Å². The van der Waals surface area contributed by atoms with Gasteiger partial charge in [0.15, 0.2) is 5.13 Å². The number of anilines is 2. The molecule has 0 unspecified atom stereocenters. The first-order valence-corrected chi connectivity index (χ1v) is 7.37. The van der Waals surface area contributed by atoms with Crippen LogP contribution in [-0.2, 0) is 0 Å². The van der Waals surface area contributed by atoms with Crippen molar-refractivity contribution in [2.75, 3.05) is 19.5 Å². The van der Waals surface area contributed by atoms with Crippen molar-refractivity contribution in [2.24, 2.45) is 0 Å². The first-order chi connectivity index (χ1) is 10.2. The molecule has 0 saturated carbocycles. The molecule has 5 heteroatoms. The largest absolute Gasteiger partial charge is 0.497 e. The molecular weight excluding hydrogens is 284 g/mol. The van der Waals surface area contributed by atoms with E-state index >= 15 is 0 Å². The van der Waals surface area contributed by atoms with Crippen LogP contribution in [0.2, 0.25) is 0 Å². The zero-order chi connectivity index (χ0) is 14.8. The monoisotopic (exact) mass is 300 g/mol. The molecule has 0 aliphatic heterocycles. The van der Waals surface area contributed by atoms with Gasteiger partial charge < -0.3 is 14.8 Å². The van der Waals surface area contributed by atoms with Crippen LogP contribution in [0.25, 0.3) is 10.2 Å². The summed E-state index contributed by atoms with van der Waals surface area (Å²) in [7, 11) is 3.28. The zero-order valence-electron chi connectivity index (χ0n) is 12.1. The van der Waals surface area contributed by atoms with Crippen molar-refractivity contribution in [1.82, 2.24) is 4.98 Å². The van der Waals surface area contributed by atoms with Crippen LogP contribution in [0.4, 0.5) is 10.8 Å². The second kappa shape index (κ2) is 5.61. The summed E-state index contributed by atoms with van der Waals surface area (Å²) < 4.78 is 11.7. The van der Waals surface area contributed by atoms with Crippen LogP contribution >= 0.6 is 11.3 Å². The molecule has 0 fully saturated rings. The van der Waals surface area contributed by atoms with Gasteiger partial charge in [0.05, 0.1) is 24.4 Å². The number of ether oxygens (including phenoxy) is 2. The number of benzene rings is 2. The van der Waals surface area contributed by atoms with Crippen molar-refractivity contribution in [2.45, 2.75) is 6.92 Å². The first-order valence-electron chi connectivity index (χ1n) is 6.55. The number of aromatic nitrogens is 1. The molecule has 0 radical (unpaired) electrons. The summed E-state index contributed by atoms with van der Waals surface area (Å²) in [6.45, 7) is 2.07. The Bertz CT molecular complexity index is 761. The van der Waals surface area contributed by atoms with Crippen LogP contribution in [0.1, 0.15) is 5.56 Å². The second-order valence-corrected chi connectivity index (χ2v) is 5.75. The topological polar surface area (TPSA) is 43.4 Å². The highest BCUT2D eigenvalue weighted by Crippen LogP contribution is 2.32. The second-order valence-electron chi connectivity index (χ2n) is 4.72. The molecule has 0 spiro atoms. The lowest BCUT2D eigenvalue weighted by atomic mass is 10.2. The smallest absolute Gasteiger partial charge is 0.188 e. The Kier molecular flexibility index (Phi) is 3.66. The molecule has 1 aromatic heterocycles. The predicted molar refractivity (Wildman–Crippen MR) is 87.2 cm³/mol. The molecule has 3 aromatic rings. The Labute approximate surface area is 127 Å². The molecule has 0 amide bonds. The standard InChI is InChI=1S/C16H16N2O2S/c1-10-4-5-15-14(6-10)18-16(21-15)17-11-7-12(19-2)9-13(8-11)20-3/h4-9H,1-3H3,(H,17,18). The van der Waals surface area contributed by atoms with E-state index in [4.69, 9.17) is 9.47 Å². The van der Waals surface area contributed by atoms with Gasteiger partial charge in [0, 0.05) is 23.9 Å².